The Labute approximate surface area is 156 Å². The van der Waals surface area contributed by atoms with Crippen LogP contribution in [0.5, 0.6) is 17.2 Å². The number of hydrogen-bond donors (Lipinski definition) is 0. The second-order valence-corrected chi connectivity index (χ2v) is 7.10. The van der Waals surface area contributed by atoms with Crippen molar-refractivity contribution < 1.29 is 9.47 Å². The molecule has 0 aliphatic rings. The van der Waals surface area contributed by atoms with E-state index in [2.05, 4.69) is 64.1 Å². The molecule has 26 heavy (non-hydrogen) atoms. The fraction of sp³-hybridized carbons (Fsp3) is 0.250. The third-order valence-electron chi connectivity index (χ3n) is 4.20. The van der Waals surface area contributed by atoms with Gasteiger partial charge in [0.1, 0.15) is 17.2 Å². The molecule has 0 atom stereocenters. The molecule has 2 heteroatoms. The van der Waals surface area contributed by atoms with Crippen LogP contribution >= 0.6 is 0 Å². The quantitative estimate of drug-likeness (QED) is 0.489. The predicted octanol–water partition coefficient (Wildman–Crippen LogP) is 6.80. The highest BCUT2D eigenvalue weighted by Crippen LogP contribution is 2.33. The molecule has 0 N–H and O–H groups in total. The molecule has 0 unspecified atom stereocenters. The van der Waals surface area contributed by atoms with Gasteiger partial charge in [0, 0.05) is 5.56 Å². The van der Waals surface area contributed by atoms with E-state index in [9.17, 15) is 0 Å². The number of aryl methyl sites for hydroxylation is 2. The summed E-state index contributed by atoms with van der Waals surface area (Å²) in [5.74, 6) is 3.15. The Bertz CT molecular complexity index is 864. The molecule has 2 nitrogen and oxygen atoms in total. The van der Waals surface area contributed by atoms with Crippen molar-refractivity contribution in [3.05, 3.63) is 77.9 Å². The maximum Gasteiger partial charge on any atom is 0.130 e. The predicted molar refractivity (Wildman–Crippen MR) is 108 cm³/mol. The summed E-state index contributed by atoms with van der Waals surface area (Å²) >= 11 is 0. The lowest BCUT2D eigenvalue weighted by molar-refractivity contribution is 0.272. The van der Waals surface area contributed by atoms with Gasteiger partial charge in [0.15, 0.2) is 0 Å². The molecule has 0 aliphatic heterocycles. The monoisotopic (exact) mass is 346 g/mol. The standard InChI is InChI=1S/C24H26O2/c1-17(2)16-25-23-8-6-5-7-22(23)20-11-13-21(14-12-20)26-24-15-18(3)9-10-19(24)4/h5-15,17H,16H2,1-4H3. The van der Waals surface area contributed by atoms with Gasteiger partial charge < -0.3 is 9.47 Å². The van der Waals surface area contributed by atoms with Gasteiger partial charge in [-0.25, -0.2) is 0 Å². The minimum Gasteiger partial charge on any atom is -0.493 e. The zero-order valence-electron chi connectivity index (χ0n) is 16.0. The molecule has 0 saturated carbocycles. The van der Waals surface area contributed by atoms with E-state index in [0.29, 0.717) is 12.5 Å². The van der Waals surface area contributed by atoms with Crippen LogP contribution in [-0.4, -0.2) is 6.61 Å². The summed E-state index contributed by atoms with van der Waals surface area (Å²) in [5.41, 5.74) is 4.55. The molecular formula is C24H26O2. The van der Waals surface area contributed by atoms with E-state index in [1.807, 2.05) is 30.3 Å². The Morgan fingerprint density at radius 1 is 0.808 bits per heavy atom. The first-order valence-electron chi connectivity index (χ1n) is 9.10. The molecule has 0 heterocycles. The maximum atomic E-state index is 6.06. The summed E-state index contributed by atoms with van der Waals surface area (Å²) in [7, 11) is 0. The van der Waals surface area contributed by atoms with Gasteiger partial charge in [-0.3, -0.25) is 0 Å². The van der Waals surface area contributed by atoms with Crippen LogP contribution in [0.25, 0.3) is 11.1 Å². The summed E-state index contributed by atoms with van der Waals surface area (Å²) in [6, 6.07) is 22.6. The SMILES string of the molecule is Cc1ccc(C)c(Oc2ccc(-c3ccccc3OCC(C)C)cc2)c1. The molecule has 0 aromatic heterocycles. The average molecular weight is 346 g/mol. The molecule has 0 spiro atoms. The number of rotatable bonds is 6. The lowest BCUT2D eigenvalue weighted by Gasteiger charge is -2.14. The van der Waals surface area contributed by atoms with E-state index in [0.717, 1.165) is 33.9 Å². The molecule has 0 saturated heterocycles. The van der Waals surface area contributed by atoms with Crippen molar-refractivity contribution in [2.75, 3.05) is 6.61 Å². The van der Waals surface area contributed by atoms with Crippen molar-refractivity contribution in [1.29, 1.82) is 0 Å². The van der Waals surface area contributed by atoms with Gasteiger partial charge in [-0.15, -0.1) is 0 Å². The molecule has 3 rings (SSSR count). The van der Waals surface area contributed by atoms with Crippen molar-refractivity contribution in [3.63, 3.8) is 0 Å². The normalized spacial score (nSPS) is 10.8. The Morgan fingerprint density at radius 3 is 2.27 bits per heavy atom. The summed E-state index contributed by atoms with van der Waals surface area (Å²) in [4.78, 5) is 0. The first-order chi connectivity index (χ1) is 12.5. The summed E-state index contributed by atoms with van der Waals surface area (Å²) in [6.45, 7) is 9.16. The molecule has 134 valence electrons. The highest BCUT2D eigenvalue weighted by Gasteiger charge is 2.08. The van der Waals surface area contributed by atoms with Crippen molar-refractivity contribution in [2.24, 2.45) is 5.92 Å². The first-order valence-corrected chi connectivity index (χ1v) is 9.10. The highest BCUT2D eigenvalue weighted by atomic mass is 16.5. The van der Waals surface area contributed by atoms with Crippen LogP contribution in [0.1, 0.15) is 25.0 Å². The molecule has 0 bridgehead atoms. The Balaban J connectivity index is 1.81. The number of para-hydroxylation sites is 1. The smallest absolute Gasteiger partial charge is 0.130 e. The highest BCUT2D eigenvalue weighted by molar-refractivity contribution is 5.70. The lowest BCUT2D eigenvalue weighted by Crippen LogP contribution is -2.05. The summed E-state index contributed by atoms with van der Waals surface area (Å²) < 4.78 is 12.0. The van der Waals surface area contributed by atoms with E-state index in [-0.39, 0.29) is 0 Å². The number of ether oxygens (including phenoxy) is 2. The molecule has 3 aromatic carbocycles. The van der Waals surface area contributed by atoms with Gasteiger partial charge in [-0.05, 0) is 60.7 Å². The molecule has 0 fully saturated rings. The lowest BCUT2D eigenvalue weighted by atomic mass is 10.0. The summed E-state index contributed by atoms with van der Waals surface area (Å²) in [6.07, 6.45) is 0. The van der Waals surface area contributed by atoms with Gasteiger partial charge in [0.2, 0.25) is 0 Å². The van der Waals surface area contributed by atoms with Gasteiger partial charge in [-0.2, -0.15) is 0 Å². The second kappa shape index (κ2) is 8.09. The zero-order chi connectivity index (χ0) is 18.5. The van der Waals surface area contributed by atoms with E-state index < -0.39 is 0 Å². The van der Waals surface area contributed by atoms with E-state index in [1.165, 1.54) is 5.56 Å². The summed E-state index contributed by atoms with van der Waals surface area (Å²) in [5, 5.41) is 0. The van der Waals surface area contributed by atoms with Crippen LogP contribution < -0.4 is 9.47 Å². The van der Waals surface area contributed by atoms with Crippen molar-refractivity contribution in [2.45, 2.75) is 27.7 Å². The van der Waals surface area contributed by atoms with Crippen LogP contribution in [0.3, 0.4) is 0 Å². The van der Waals surface area contributed by atoms with Gasteiger partial charge >= 0.3 is 0 Å². The van der Waals surface area contributed by atoms with Crippen LogP contribution in [-0.2, 0) is 0 Å². The zero-order valence-corrected chi connectivity index (χ0v) is 16.0. The second-order valence-electron chi connectivity index (χ2n) is 7.10. The number of hydrogen-bond acceptors (Lipinski definition) is 2. The van der Waals surface area contributed by atoms with Crippen LogP contribution in [0.4, 0.5) is 0 Å². The number of benzene rings is 3. The van der Waals surface area contributed by atoms with Crippen LogP contribution in [0.15, 0.2) is 66.7 Å². The molecule has 0 amide bonds. The van der Waals surface area contributed by atoms with Gasteiger partial charge in [0.05, 0.1) is 6.61 Å². The minimum atomic E-state index is 0.497. The molecular weight excluding hydrogens is 320 g/mol. The largest absolute Gasteiger partial charge is 0.493 e. The minimum absolute atomic E-state index is 0.497. The fourth-order valence-electron chi connectivity index (χ4n) is 2.73. The third-order valence-corrected chi connectivity index (χ3v) is 4.20. The fourth-order valence-corrected chi connectivity index (χ4v) is 2.73. The van der Waals surface area contributed by atoms with Crippen molar-refractivity contribution in [1.82, 2.24) is 0 Å². The third kappa shape index (κ3) is 4.45. The Morgan fingerprint density at radius 2 is 1.54 bits per heavy atom. The van der Waals surface area contributed by atoms with Crippen molar-refractivity contribution >= 4 is 0 Å². The molecule has 3 aromatic rings. The first kappa shape index (κ1) is 18.1. The topological polar surface area (TPSA) is 18.5 Å². The van der Waals surface area contributed by atoms with Gasteiger partial charge in [0.25, 0.3) is 0 Å². The van der Waals surface area contributed by atoms with Gasteiger partial charge in [-0.1, -0.05) is 56.3 Å². The average Bonchev–Trinajstić information content (AvgIpc) is 2.64. The van der Waals surface area contributed by atoms with Crippen LogP contribution in [0, 0.1) is 19.8 Å². The van der Waals surface area contributed by atoms with Crippen molar-refractivity contribution in [3.8, 4) is 28.4 Å². The van der Waals surface area contributed by atoms with E-state index >= 15 is 0 Å². The maximum absolute atomic E-state index is 6.06. The Hall–Kier alpha value is -2.74. The Kier molecular flexibility index (Phi) is 5.62. The molecule has 0 aliphatic carbocycles. The molecule has 0 radical (unpaired) electrons. The van der Waals surface area contributed by atoms with E-state index in [4.69, 9.17) is 9.47 Å². The van der Waals surface area contributed by atoms with E-state index in [1.54, 1.807) is 0 Å². The van der Waals surface area contributed by atoms with Crippen LogP contribution in [0.2, 0.25) is 0 Å².